The normalized spacial score (nSPS) is 17.5. The van der Waals surface area contributed by atoms with Crippen LogP contribution in [0.25, 0.3) is 0 Å². The second kappa shape index (κ2) is 8.86. The van der Waals surface area contributed by atoms with Gasteiger partial charge in [-0.3, -0.25) is 4.79 Å². The Bertz CT molecular complexity index is 920. The third kappa shape index (κ3) is 5.18. The van der Waals surface area contributed by atoms with E-state index >= 15 is 0 Å². The molecule has 1 aromatic heterocycles. The average Bonchev–Trinajstić information content (AvgIpc) is 2.67. The molecule has 2 aromatic rings. The predicted octanol–water partition coefficient (Wildman–Crippen LogP) is 3.38. The summed E-state index contributed by atoms with van der Waals surface area (Å²) < 4.78 is 44.0. The fourth-order valence-electron chi connectivity index (χ4n) is 3.41. The highest BCUT2D eigenvalue weighted by atomic mass is 19.4. The topological polar surface area (TPSA) is 79.4 Å². The van der Waals surface area contributed by atoms with Crippen molar-refractivity contribution in [3.05, 3.63) is 41.2 Å². The van der Waals surface area contributed by atoms with Crippen LogP contribution in [-0.2, 0) is 6.18 Å². The minimum absolute atomic E-state index is 0.00115. The van der Waals surface area contributed by atoms with Crippen LogP contribution in [0, 0.1) is 6.92 Å². The molecule has 1 aliphatic heterocycles. The quantitative estimate of drug-likeness (QED) is 0.768. The number of carbonyl (C=O) groups is 1. The number of ether oxygens (including phenoxy) is 1. The number of anilines is 2. The van der Waals surface area contributed by atoms with Crippen LogP contribution < -0.4 is 15.4 Å². The van der Waals surface area contributed by atoms with E-state index in [2.05, 4.69) is 25.5 Å². The van der Waals surface area contributed by atoms with Gasteiger partial charge in [0.2, 0.25) is 5.95 Å². The largest absolute Gasteiger partial charge is 0.495 e. The van der Waals surface area contributed by atoms with E-state index in [4.69, 9.17) is 4.74 Å². The van der Waals surface area contributed by atoms with Crippen LogP contribution in [0.2, 0.25) is 0 Å². The van der Waals surface area contributed by atoms with Gasteiger partial charge in [0, 0.05) is 24.3 Å². The van der Waals surface area contributed by atoms with Crippen molar-refractivity contribution in [2.45, 2.75) is 32.0 Å². The highest BCUT2D eigenvalue weighted by Gasteiger charge is 2.33. The van der Waals surface area contributed by atoms with Gasteiger partial charge in [0.15, 0.2) is 0 Å². The van der Waals surface area contributed by atoms with E-state index in [0.717, 1.165) is 32.1 Å². The fraction of sp³-hybridized carbons (Fsp3) is 0.450. The Morgan fingerprint density at radius 1 is 1.33 bits per heavy atom. The third-order valence-electron chi connectivity index (χ3n) is 4.95. The zero-order chi connectivity index (χ0) is 21.9. The Hall–Kier alpha value is -2.88. The molecule has 10 heteroatoms. The van der Waals surface area contributed by atoms with Crippen LogP contribution in [0.3, 0.4) is 0 Å². The number of nitrogens with zero attached hydrogens (tertiary/aromatic N) is 3. The summed E-state index contributed by atoms with van der Waals surface area (Å²) in [7, 11) is 3.46. The van der Waals surface area contributed by atoms with Crippen LogP contribution >= 0.6 is 0 Å². The van der Waals surface area contributed by atoms with Crippen molar-refractivity contribution >= 4 is 17.5 Å². The van der Waals surface area contributed by atoms with Crippen LogP contribution in [0.5, 0.6) is 5.75 Å². The first-order valence-electron chi connectivity index (χ1n) is 9.52. The molecule has 1 aromatic carbocycles. The number of likely N-dealkylation sites (N-methyl/N-ethyl adjacent to an activating group) is 1. The monoisotopic (exact) mass is 423 g/mol. The number of aromatic nitrogens is 2. The van der Waals surface area contributed by atoms with Crippen molar-refractivity contribution < 1.29 is 22.7 Å². The lowest BCUT2D eigenvalue weighted by molar-refractivity contribution is -0.138. The van der Waals surface area contributed by atoms with Gasteiger partial charge in [0.05, 0.1) is 24.1 Å². The molecule has 1 atom stereocenters. The summed E-state index contributed by atoms with van der Waals surface area (Å²) in [5.74, 6) is 0.146. The molecule has 0 bridgehead atoms. The molecular formula is C20H24F3N5O2. The molecule has 162 valence electrons. The van der Waals surface area contributed by atoms with E-state index in [0.29, 0.717) is 17.0 Å². The molecule has 1 amide bonds. The van der Waals surface area contributed by atoms with Gasteiger partial charge in [-0.2, -0.15) is 13.2 Å². The zero-order valence-electron chi connectivity index (χ0n) is 17.0. The van der Waals surface area contributed by atoms with Gasteiger partial charge in [-0.15, -0.1) is 0 Å². The van der Waals surface area contributed by atoms with Gasteiger partial charge in [0.1, 0.15) is 5.75 Å². The van der Waals surface area contributed by atoms with Gasteiger partial charge in [-0.25, -0.2) is 9.97 Å². The van der Waals surface area contributed by atoms with E-state index in [1.807, 2.05) is 7.05 Å². The van der Waals surface area contributed by atoms with Crippen molar-refractivity contribution in [1.29, 1.82) is 0 Å². The number of nitrogens with one attached hydrogen (secondary N) is 2. The lowest BCUT2D eigenvalue weighted by Crippen LogP contribution is -2.46. The number of amides is 1. The molecule has 1 saturated heterocycles. The maximum Gasteiger partial charge on any atom is 0.419 e. The van der Waals surface area contributed by atoms with Gasteiger partial charge in [-0.05, 0) is 51.6 Å². The Labute approximate surface area is 172 Å². The van der Waals surface area contributed by atoms with Crippen molar-refractivity contribution in [1.82, 2.24) is 20.2 Å². The third-order valence-corrected chi connectivity index (χ3v) is 4.95. The van der Waals surface area contributed by atoms with E-state index in [9.17, 15) is 18.0 Å². The molecule has 1 aliphatic rings. The van der Waals surface area contributed by atoms with Crippen LogP contribution in [0.15, 0.2) is 24.4 Å². The summed E-state index contributed by atoms with van der Waals surface area (Å²) in [4.78, 5) is 22.4. The Kier molecular flexibility index (Phi) is 6.45. The Morgan fingerprint density at radius 2 is 2.10 bits per heavy atom. The number of halogens is 3. The summed E-state index contributed by atoms with van der Waals surface area (Å²) in [5, 5.41) is 5.87. The van der Waals surface area contributed by atoms with E-state index in [1.165, 1.54) is 14.0 Å². The van der Waals surface area contributed by atoms with Crippen molar-refractivity contribution in [2.75, 3.05) is 32.6 Å². The van der Waals surface area contributed by atoms with Crippen LogP contribution in [0.1, 0.15) is 34.5 Å². The molecule has 0 aliphatic carbocycles. The maximum absolute atomic E-state index is 12.9. The number of hydrogen-bond acceptors (Lipinski definition) is 6. The highest BCUT2D eigenvalue weighted by molar-refractivity contribution is 5.95. The van der Waals surface area contributed by atoms with Crippen LogP contribution in [-0.4, -0.2) is 54.1 Å². The minimum Gasteiger partial charge on any atom is -0.495 e. The number of hydrogen-bond donors (Lipinski definition) is 2. The molecular weight excluding hydrogens is 399 g/mol. The molecule has 3 rings (SSSR count). The SMILES string of the molecule is COc1cc(C(=O)NC2CCCN(C)C2)ccc1Nc1ncc(C(F)(F)F)c(C)n1. The number of benzene rings is 1. The standard InChI is InChI=1S/C20H24F3N5O2/c1-12-15(20(21,22)23)10-24-19(25-12)27-16-7-6-13(9-17(16)30-3)18(29)26-14-5-4-8-28(2)11-14/h6-7,9-10,14H,4-5,8,11H2,1-3H3,(H,26,29)(H,24,25,27). The molecule has 0 spiro atoms. The summed E-state index contributed by atoms with van der Waals surface area (Å²) >= 11 is 0. The maximum atomic E-state index is 12.9. The lowest BCUT2D eigenvalue weighted by Gasteiger charge is -2.30. The van der Waals surface area contributed by atoms with E-state index < -0.39 is 11.7 Å². The van der Waals surface area contributed by atoms with Crippen molar-refractivity contribution in [3.8, 4) is 5.75 Å². The molecule has 0 saturated carbocycles. The summed E-state index contributed by atoms with van der Waals surface area (Å²) in [6.45, 7) is 3.09. The molecule has 7 nitrogen and oxygen atoms in total. The van der Waals surface area contributed by atoms with E-state index in [1.54, 1.807) is 18.2 Å². The van der Waals surface area contributed by atoms with Gasteiger partial charge in [0.25, 0.3) is 5.91 Å². The zero-order valence-corrected chi connectivity index (χ0v) is 17.0. The molecule has 1 fully saturated rings. The number of carbonyl (C=O) groups excluding carboxylic acids is 1. The number of alkyl halides is 3. The first-order valence-corrected chi connectivity index (χ1v) is 9.52. The number of aryl methyl sites for hydroxylation is 1. The smallest absolute Gasteiger partial charge is 0.419 e. The summed E-state index contributed by atoms with van der Waals surface area (Å²) in [6.07, 6.45) is -1.82. The number of rotatable bonds is 5. The fourth-order valence-corrected chi connectivity index (χ4v) is 3.41. The molecule has 30 heavy (non-hydrogen) atoms. The summed E-state index contributed by atoms with van der Waals surface area (Å²) in [6, 6.07) is 4.88. The summed E-state index contributed by atoms with van der Waals surface area (Å²) in [5.41, 5.74) is -0.214. The predicted molar refractivity (Wildman–Crippen MR) is 106 cm³/mol. The lowest BCUT2D eigenvalue weighted by atomic mass is 10.1. The first-order chi connectivity index (χ1) is 14.2. The number of methoxy groups -OCH3 is 1. The first kappa shape index (κ1) is 21.8. The van der Waals surface area contributed by atoms with Gasteiger partial charge in [-0.1, -0.05) is 0 Å². The highest BCUT2D eigenvalue weighted by Crippen LogP contribution is 2.32. The molecule has 1 unspecified atom stereocenters. The van der Waals surface area contributed by atoms with E-state index in [-0.39, 0.29) is 23.6 Å². The average molecular weight is 423 g/mol. The second-order valence-electron chi connectivity index (χ2n) is 7.31. The van der Waals surface area contributed by atoms with Crippen molar-refractivity contribution in [2.24, 2.45) is 0 Å². The van der Waals surface area contributed by atoms with Gasteiger partial charge >= 0.3 is 6.18 Å². The minimum atomic E-state index is -4.51. The number of likely N-dealkylation sites (tertiary alicyclic amines) is 1. The Morgan fingerprint density at radius 3 is 2.73 bits per heavy atom. The van der Waals surface area contributed by atoms with Crippen molar-refractivity contribution in [3.63, 3.8) is 0 Å². The second-order valence-corrected chi connectivity index (χ2v) is 7.31. The Balaban J connectivity index is 1.74. The molecule has 2 N–H and O–H groups in total. The molecule has 0 radical (unpaired) electrons. The number of piperidine rings is 1. The van der Waals surface area contributed by atoms with Gasteiger partial charge < -0.3 is 20.3 Å². The van der Waals surface area contributed by atoms with Crippen LogP contribution in [0.4, 0.5) is 24.8 Å². The molecule has 2 heterocycles.